The lowest BCUT2D eigenvalue weighted by atomic mass is 9.98. The van der Waals surface area contributed by atoms with E-state index in [4.69, 9.17) is 4.74 Å². The van der Waals surface area contributed by atoms with Crippen molar-refractivity contribution in [3.8, 4) is 0 Å². The van der Waals surface area contributed by atoms with Gasteiger partial charge in [0.05, 0.1) is 19.5 Å². The van der Waals surface area contributed by atoms with Crippen LogP contribution in [0.2, 0.25) is 0 Å². The monoisotopic (exact) mass is 322 g/mol. The highest BCUT2D eigenvalue weighted by Crippen LogP contribution is 2.38. The molecule has 1 aromatic rings. The average Bonchev–Trinajstić information content (AvgIpc) is 2.50. The number of aliphatic hydroxyl groups is 1. The van der Waals surface area contributed by atoms with E-state index < -0.39 is 0 Å². The van der Waals surface area contributed by atoms with Gasteiger partial charge in [0, 0.05) is 9.64 Å². The van der Waals surface area contributed by atoms with Gasteiger partial charge in [0.15, 0.2) is 0 Å². The Labute approximate surface area is 140 Å². The van der Waals surface area contributed by atoms with Crippen molar-refractivity contribution in [3.05, 3.63) is 42.7 Å². The van der Waals surface area contributed by atoms with Gasteiger partial charge >= 0.3 is 0 Å². The largest absolute Gasteiger partial charge is 0.505 e. The first kappa shape index (κ1) is 19.1. The minimum atomic E-state index is -0.264. The molecular formula is C19H30O2S. The Bertz CT molecular complexity index is 419. The normalized spacial score (nSPS) is 15.6. The van der Waals surface area contributed by atoms with Crippen LogP contribution in [0.3, 0.4) is 0 Å². The number of methoxy groups -OCH3 is 1. The summed E-state index contributed by atoms with van der Waals surface area (Å²) in [6.45, 7) is 4.37. The molecule has 0 heterocycles. The molecule has 3 heteroatoms. The SMILES string of the molecule is CCCCCCC(O)CC(C)(C=COC)Sc1ccccc1. The molecule has 1 N–H and O–H groups in total. The van der Waals surface area contributed by atoms with Crippen LogP contribution in [0, 0.1) is 0 Å². The van der Waals surface area contributed by atoms with E-state index in [9.17, 15) is 5.11 Å². The molecule has 1 rings (SSSR count). The summed E-state index contributed by atoms with van der Waals surface area (Å²) in [6.07, 6.45) is 9.93. The van der Waals surface area contributed by atoms with Gasteiger partial charge in [-0.2, -0.15) is 0 Å². The summed E-state index contributed by atoms with van der Waals surface area (Å²) in [6, 6.07) is 10.3. The lowest BCUT2D eigenvalue weighted by Gasteiger charge is -2.28. The van der Waals surface area contributed by atoms with Gasteiger partial charge in [-0.25, -0.2) is 0 Å². The van der Waals surface area contributed by atoms with Crippen LogP contribution in [0.1, 0.15) is 52.4 Å². The van der Waals surface area contributed by atoms with Crippen LogP contribution in [0.25, 0.3) is 0 Å². The van der Waals surface area contributed by atoms with Crippen molar-refractivity contribution >= 4 is 11.8 Å². The quantitative estimate of drug-likeness (QED) is 0.335. The van der Waals surface area contributed by atoms with E-state index in [0.29, 0.717) is 0 Å². The summed E-state index contributed by atoms with van der Waals surface area (Å²) in [4.78, 5) is 1.21. The van der Waals surface area contributed by atoms with Gasteiger partial charge in [0.1, 0.15) is 0 Å². The van der Waals surface area contributed by atoms with Crippen molar-refractivity contribution in [1.29, 1.82) is 0 Å². The second kappa shape index (κ2) is 10.7. The van der Waals surface area contributed by atoms with Crippen molar-refractivity contribution in [1.82, 2.24) is 0 Å². The Kier molecular flexibility index (Phi) is 9.33. The maximum Gasteiger partial charge on any atom is 0.0798 e. The molecule has 0 aliphatic rings. The first-order chi connectivity index (χ1) is 10.6. The number of hydrogen-bond donors (Lipinski definition) is 1. The molecule has 1 aromatic carbocycles. The highest BCUT2D eigenvalue weighted by atomic mass is 32.2. The molecular weight excluding hydrogens is 292 g/mol. The first-order valence-electron chi connectivity index (χ1n) is 8.22. The molecule has 0 aromatic heterocycles. The molecule has 0 radical (unpaired) electrons. The van der Waals surface area contributed by atoms with Crippen LogP contribution in [-0.2, 0) is 4.74 Å². The fourth-order valence-electron chi connectivity index (χ4n) is 2.49. The lowest BCUT2D eigenvalue weighted by molar-refractivity contribution is 0.144. The number of rotatable bonds is 11. The third-order valence-electron chi connectivity index (χ3n) is 3.68. The van der Waals surface area contributed by atoms with Crippen LogP contribution >= 0.6 is 11.8 Å². The van der Waals surface area contributed by atoms with Crippen LogP contribution in [-0.4, -0.2) is 23.1 Å². The van der Waals surface area contributed by atoms with Gasteiger partial charge in [-0.15, -0.1) is 11.8 Å². The topological polar surface area (TPSA) is 29.5 Å². The van der Waals surface area contributed by atoms with Crippen molar-refractivity contribution in [3.63, 3.8) is 0 Å². The summed E-state index contributed by atoms with van der Waals surface area (Å²) in [5, 5.41) is 10.4. The molecule has 2 unspecified atom stereocenters. The van der Waals surface area contributed by atoms with Crippen LogP contribution in [0.4, 0.5) is 0 Å². The predicted molar refractivity (Wildman–Crippen MR) is 96.2 cm³/mol. The molecule has 0 amide bonds. The summed E-state index contributed by atoms with van der Waals surface area (Å²) in [5.74, 6) is 0. The predicted octanol–water partition coefficient (Wildman–Crippen LogP) is 5.42. The van der Waals surface area contributed by atoms with Gasteiger partial charge in [-0.1, -0.05) is 50.8 Å². The van der Waals surface area contributed by atoms with E-state index in [0.717, 1.165) is 19.3 Å². The molecule has 0 saturated heterocycles. The molecule has 0 fully saturated rings. The molecule has 0 saturated carbocycles. The summed E-state index contributed by atoms with van der Waals surface area (Å²) in [5.41, 5.74) is 0. The molecule has 2 atom stereocenters. The van der Waals surface area contributed by atoms with Crippen molar-refractivity contribution < 1.29 is 9.84 Å². The van der Waals surface area contributed by atoms with E-state index in [1.54, 1.807) is 25.1 Å². The van der Waals surface area contributed by atoms with Crippen molar-refractivity contribution in [2.24, 2.45) is 0 Å². The molecule has 0 aliphatic carbocycles. The van der Waals surface area contributed by atoms with Crippen LogP contribution < -0.4 is 0 Å². The zero-order chi connectivity index (χ0) is 16.3. The number of aliphatic hydroxyl groups excluding tert-OH is 1. The van der Waals surface area contributed by atoms with Crippen molar-refractivity contribution in [2.45, 2.75) is 68.1 Å². The van der Waals surface area contributed by atoms with E-state index in [1.807, 2.05) is 18.2 Å². The van der Waals surface area contributed by atoms with E-state index in [1.165, 1.54) is 24.2 Å². The minimum Gasteiger partial charge on any atom is -0.505 e. The number of benzene rings is 1. The Morgan fingerprint density at radius 1 is 1.23 bits per heavy atom. The molecule has 22 heavy (non-hydrogen) atoms. The Morgan fingerprint density at radius 2 is 1.95 bits per heavy atom. The highest BCUT2D eigenvalue weighted by molar-refractivity contribution is 8.00. The van der Waals surface area contributed by atoms with E-state index >= 15 is 0 Å². The highest BCUT2D eigenvalue weighted by Gasteiger charge is 2.26. The van der Waals surface area contributed by atoms with Gasteiger partial charge in [0.25, 0.3) is 0 Å². The molecule has 2 nitrogen and oxygen atoms in total. The maximum atomic E-state index is 10.4. The summed E-state index contributed by atoms with van der Waals surface area (Å²) >= 11 is 1.78. The van der Waals surface area contributed by atoms with Gasteiger partial charge in [0.2, 0.25) is 0 Å². The Morgan fingerprint density at radius 3 is 2.59 bits per heavy atom. The average molecular weight is 323 g/mol. The van der Waals surface area contributed by atoms with Gasteiger partial charge in [-0.3, -0.25) is 0 Å². The van der Waals surface area contributed by atoms with E-state index in [-0.39, 0.29) is 10.9 Å². The Hall–Kier alpha value is -0.930. The summed E-state index contributed by atoms with van der Waals surface area (Å²) < 4.78 is 4.93. The van der Waals surface area contributed by atoms with Crippen LogP contribution in [0.5, 0.6) is 0 Å². The second-order valence-electron chi connectivity index (χ2n) is 5.97. The zero-order valence-corrected chi connectivity index (χ0v) is 14.9. The third kappa shape index (κ3) is 7.90. The number of hydrogen-bond acceptors (Lipinski definition) is 3. The fourth-order valence-corrected chi connectivity index (χ4v) is 3.72. The lowest BCUT2D eigenvalue weighted by Crippen LogP contribution is -2.25. The van der Waals surface area contributed by atoms with Crippen molar-refractivity contribution in [2.75, 3.05) is 7.11 Å². The maximum absolute atomic E-state index is 10.4. The second-order valence-corrected chi connectivity index (χ2v) is 7.58. The standard InChI is InChI=1S/C19H30O2S/c1-4-5-6-8-11-17(20)16-19(2,14-15-21-3)22-18-12-9-7-10-13-18/h7,9-10,12-15,17,20H,4-6,8,11,16H2,1-3H3. The summed E-state index contributed by atoms with van der Waals surface area (Å²) in [7, 11) is 1.66. The first-order valence-corrected chi connectivity index (χ1v) is 9.04. The van der Waals surface area contributed by atoms with E-state index in [2.05, 4.69) is 32.1 Å². The van der Waals surface area contributed by atoms with Crippen LogP contribution in [0.15, 0.2) is 47.6 Å². The molecule has 0 bridgehead atoms. The molecule has 0 spiro atoms. The van der Waals surface area contributed by atoms with Gasteiger partial charge < -0.3 is 9.84 Å². The minimum absolute atomic E-state index is 0.165. The number of unbranched alkanes of at least 4 members (excludes halogenated alkanes) is 3. The van der Waals surface area contributed by atoms with Gasteiger partial charge in [-0.05, 0) is 38.0 Å². The Balaban J connectivity index is 2.60. The zero-order valence-electron chi connectivity index (χ0n) is 14.1. The fraction of sp³-hybridized carbons (Fsp3) is 0.579. The number of thioether (sulfide) groups is 1. The smallest absolute Gasteiger partial charge is 0.0798 e. The third-order valence-corrected chi connectivity index (χ3v) is 4.96. The molecule has 124 valence electrons. The molecule has 0 aliphatic heterocycles. The number of ether oxygens (including phenoxy) is 1.